The molecule has 5 heteroatoms. The second kappa shape index (κ2) is 6.41. The van der Waals surface area contributed by atoms with Gasteiger partial charge in [-0.25, -0.2) is 4.98 Å². The number of nitrogens with one attached hydrogen (secondary N) is 1. The van der Waals surface area contributed by atoms with Crippen LogP contribution in [-0.4, -0.2) is 11.2 Å². The second-order valence-corrected chi connectivity index (χ2v) is 5.76. The maximum absolute atomic E-state index is 5.58. The van der Waals surface area contributed by atoms with Crippen molar-refractivity contribution in [1.82, 2.24) is 4.98 Å². The van der Waals surface area contributed by atoms with Crippen molar-refractivity contribution < 1.29 is 0 Å². The Morgan fingerprint density at radius 2 is 2.05 bits per heavy atom. The molecule has 0 amide bonds. The quantitative estimate of drug-likeness (QED) is 0.562. The van der Waals surface area contributed by atoms with E-state index in [0.29, 0.717) is 10.9 Å². The fraction of sp³-hybridized carbons (Fsp3) is 0.0588. The molecule has 0 bridgehead atoms. The van der Waals surface area contributed by atoms with E-state index < -0.39 is 0 Å². The van der Waals surface area contributed by atoms with Crippen LogP contribution in [0.4, 0.5) is 10.9 Å². The highest BCUT2D eigenvalue weighted by molar-refractivity contribution is 7.14. The van der Waals surface area contributed by atoms with Crippen molar-refractivity contribution in [1.29, 1.82) is 0 Å². The lowest BCUT2D eigenvalue weighted by molar-refractivity contribution is 1.29. The minimum atomic E-state index is 0.503. The number of aryl methyl sites for hydroxylation is 1. The molecular weight excluding hydrogens is 292 g/mol. The standard InChI is InChI=1S/C17H16N4S/c1-12-5-4-7-13(9-12)15-8-3-2-6-14(15)10-19-21-17-20-16(18)11-22-17/h2-11H,18H2,1H3,(H,20,21). The highest BCUT2D eigenvalue weighted by Crippen LogP contribution is 2.23. The van der Waals surface area contributed by atoms with Gasteiger partial charge in [-0.05, 0) is 18.1 Å². The zero-order valence-electron chi connectivity index (χ0n) is 12.2. The van der Waals surface area contributed by atoms with E-state index >= 15 is 0 Å². The van der Waals surface area contributed by atoms with Gasteiger partial charge in [0.2, 0.25) is 5.13 Å². The molecular formula is C17H16N4S. The summed E-state index contributed by atoms with van der Waals surface area (Å²) < 4.78 is 0. The van der Waals surface area contributed by atoms with Crippen molar-refractivity contribution in [2.75, 3.05) is 11.2 Å². The fourth-order valence-electron chi connectivity index (χ4n) is 2.18. The normalized spacial score (nSPS) is 11.0. The molecule has 0 saturated heterocycles. The van der Waals surface area contributed by atoms with Gasteiger partial charge in [0, 0.05) is 10.9 Å². The Hall–Kier alpha value is -2.66. The van der Waals surface area contributed by atoms with Gasteiger partial charge in [0.05, 0.1) is 6.21 Å². The summed E-state index contributed by atoms with van der Waals surface area (Å²) in [5.74, 6) is 0.503. The topological polar surface area (TPSA) is 63.3 Å². The second-order valence-electron chi connectivity index (χ2n) is 4.90. The van der Waals surface area contributed by atoms with Gasteiger partial charge in [-0.1, -0.05) is 54.1 Å². The van der Waals surface area contributed by atoms with E-state index in [2.05, 4.69) is 52.8 Å². The molecule has 0 atom stereocenters. The van der Waals surface area contributed by atoms with E-state index in [4.69, 9.17) is 5.73 Å². The Labute approximate surface area is 133 Å². The predicted octanol–water partition coefficient (Wildman–Crippen LogP) is 4.15. The van der Waals surface area contributed by atoms with E-state index in [9.17, 15) is 0 Å². The Morgan fingerprint density at radius 1 is 1.18 bits per heavy atom. The van der Waals surface area contributed by atoms with Crippen LogP contribution in [0.15, 0.2) is 59.0 Å². The molecule has 22 heavy (non-hydrogen) atoms. The van der Waals surface area contributed by atoms with Gasteiger partial charge in [-0.15, -0.1) is 11.3 Å². The average Bonchev–Trinajstić information content (AvgIpc) is 2.93. The van der Waals surface area contributed by atoms with Crippen LogP contribution in [0.25, 0.3) is 11.1 Å². The number of aromatic nitrogens is 1. The molecule has 2 aromatic carbocycles. The number of hydrogen-bond donors (Lipinski definition) is 2. The predicted molar refractivity (Wildman–Crippen MR) is 94.4 cm³/mol. The smallest absolute Gasteiger partial charge is 0.205 e. The van der Waals surface area contributed by atoms with Crippen LogP contribution in [0.5, 0.6) is 0 Å². The summed E-state index contributed by atoms with van der Waals surface area (Å²) in [5.41, 5.74) is 13.1. The summed E-state index contributed by atoms with van der Waals surface area (Å²) in [6, 6.07) is 16.6. The molecule has 4 nitrogen and oxygen atoms in total. The molecule has 0 fully saturated rings. The molecule has 0 aliphatic carbocycles. The van der Waals surface area contributed by atoms with Gasteiger partial charge in [-0.2, -0.15) is 5.10 Å². The van der Waals surface area contributed by atoms with Crippen LogP contribution in [0.2, 0.25) is 0 Å². The molecule has 1 heterocycles. The Kier molecular flexibility index (Phi) is 4.16. The van der Waals surface area contributed by atoms with Crippen molar-refractivity contribution in [2.45, 2.75) is 6.92 Å². The number of anilines is 2. The number of hydrazone groups is 1. The number of rotatable bonds is 4. The van der Waals surface area contributed by atoms with Crippen molar-refractivity contribution >= 4 is 28.5 Å². The Bertz CT molecular complexity index is 808. The average molecular weight is 308 g/mol. The first-order valence-corrected chi connectivity index (χ1v) is 7.76. The highest BCUT2D eigenvalue weighted by atomic mass is 32.1. The third-order valence-electron chi connectivity index (χ3n) is 3.18. The summed E-state index contributed by atoms with van der Waals surface area (Å²) in [6.07, 6.45) is 1.80. The van der Waals surface area contributed by atoms with Crippen LogP contribution < -0.4 is 11.2 Å². The molecule has 0 unspecified atom stereocenters. The maximum atomic E-state index is 5.58. The third kappa shape index (κ3) is 3.32. The summed E-state index contributed by atoms with van der Waals surface area (Å²) >= 11 is 1.43. The molecule has 110 valence electrons. The molecule has 0 aliphatic rings. The monoisotopic (exact) mass is 308 g/mol. The lowest BCUT2D eigenvalue weighted by Crippen LogP contribution is -1.93. The Morgan fingerprint density at radius 3 is 2.82 bits per heavy atom. The van der Waals surface area contributed by atoms with E-state index in [-0.39, 0.29) is 0 Å². The van der Waals surface area contributed by atoms with E-state index in [1.165, 1.54) is 22.5 Å². The van der Waals surface area contributed by atoms with E-state index in [0.717, 1.165) is 11.1 Å². The van der Waals surface area contributed by atoms with Crippen LogP contribution in [0.1, 0.15) is 11.1 Å². The molecule has 1 aromatic heterocycles. The first-order chi connectivity index (χ1) is 10.7. The lowest BCUT2D eigenvalue weighted by Gasteiger charge is -2.06. The minimum absolute atomic E-state index is 0.503. The fourth-order valence-corrected chi connectivity index (χ4v) is 2.73. The number of nitrogen functional groups attached to an aromatic ring is 1. The minimum Gasteiger partial charge on any atom is -0.383 e. The van der Waals surface area contributed by atoms with Gasteiger partial charge >= 0.3 is 0 Å². The van der Waals surface area contributed by atoms with Crippen molar-refractivity contribution in [3.8, 4) is 11.1 Å². The molecule has 3 aromatic rings. The SMILES string of the molecule is Cc1cccc(-c2ccccc2C=NNc2nc(N)cs2)c1. The van der Waals surface area contributed by atoms with Gasteiger partial charge in [0.1, 0.15) is 5.82 Å². The first-order valence-electron chi connectivity index (χ1n) is 6.88. The van der Waals surface area contributed by atoms with Gasteiger partial charge in [0.25, 0.3) is 0 Å². The number of benzene rings is 2. The molecule has 3 rings (SSSR count). The first kappa shape index (κ1) is 14.3. The number of nitrogens with two attached hydrogens (primary N) is 1. The lowest BCUT2D eigenvalue weighted by atomic mass is 9.99. The highest BCUT2D eigenvalue weighted by Gasteiger charge is 2.03. The van der Waals surface area contributed by atoms with Gasteiger partial charge < -0.3 is 5.73 Å². The number of nitrogens with zero attached hydrogens (tertiary/aromatic N) is 2. The van der Waals surface area contributed by atoms with Gasteiger partial charge in [0.15, 0.2) is 0 Å². The molecule has 0 spiro atoms. The van der Waals surface area contributed by atoms with Crippen molar-refractivity contribution in [2.24, 2.45) is 5.10 Å². The zero-order valence-corrected chi connectivity index (χ0v) is 13.0. The van der Waals surface area contributed by atoms with E-state index in [1.807, 2.05) is 18.2 Å². The Balaban J connectivity index is 1.85. The number of hydrogen-bond acceptors (Lipinski definition) is 5. The van der Waals surface area contributed by atoms with Gasteiger partial charge in [-0.3, -0.25) is 5.43 Å². The van der Waals surface area contributed by atoms with Crippen LogP contribution in [0.3, 0.4) is 0 Å². The van der Waals surface area contributed by atoms with Crippen LogP contribution in [-0.2, 0) is 0 Å². The summed E-state index contributed by atoms with van der Waals surface area (Å²) in [4.78, 5) is 4.11. The maximum Gasteiger partial charge on any atom is 0.205 e. The van der Waals surface area contributed by atoms with Crippen molar-refractivity contribution in [3.05, 3.63) is 65.0 Å². The van der Waals surface area contributed by atoms with Crippen LogP contribution in [0, 0.1) is 6.92 Å². The van der Waals surface area contributed by atoms with Crippen molar-refractivity contribution in [3.63, 3.8) is 0 Å². The summed E-state index contributed by atoms with van der Waals surface area (Å²) in [6.45, 7) is 2.09. The zero-order chi connectivity index (χ0) is 15.4. The third-order valence-corrected chi connectivity index (χ3v) is 3.94. The summed E-state index contributed by atoms with van der Waals surface area (Å²) in [7, 11) is 0. The number of thiazole rings is 1. The van der Waals surface area contributed by atoms with Crippen LogP contribution >= 0.6 is 11.3 Å². The summed E-state index contributed by atoms with van der Waals surface area (Å²) in [5, 5.41) is 6.71. The molecule has 0 saturated carbocycles. The molecule has 3 N–H and O–H groups in total. The molecule has 0 radical (unpaired) electrons. The van der Waals surface area contributed by atoms with E-state index in [1.54, 1.807) is 11.6 Å². The molecule has 0 aliphatic heterocycles. The largest absolute Gasteiger partial charge is 0.383 e.